The molecule has 0 N–H and O–H groups in total. The Bertz CT molecular complexity index is 969. The van der Waals surface area contributed by atoms with Gasteiger partial charge in [-0.2, -0.15) is 17.0 Å². The van der Waals surface area contributed by atoms with Crippen LogP contribution >= 0.6 is 0 Å². The summed E-state index contributed by atoms with van der Waals surface area (Å²) in [5.74, 6) is 0.850. The molecule has 0 spiro atoms. The summed E-state index contributed by atoms with van der Waals surface area (Å²) in [6, 6.07) is 0. The lowest BCUT2D eigenvalue weighted by atomic mass is 10.1. The molecule has 176 valence electrons. The second-order valence-corrected chi connectivity index (χ2v) is 12.2. The van der Waals surface area contributed by atoms with Crippen LogP contribution in [-0.4, -0.2) is 98.5 Å². The molecule has 2 saturated heterocycles. The van der Waals surface area contributed by atoms with Crippen LogP contribution in [0, 0.1) is 6.92 Å². The van der Waals surface area contributed by atoms with Gasteiger partial charge in [0.05, 0.1) is 11.8 Å². The summed E-state index contributed by atoms with van der Waals surface area (Å²) in [6.07, 6.45) is 4.64. The van der Waals surface area contributed by atoms with E-state index in [4.69, 9.17) is 9.47 Å². The molecule has 0 bridgehead atoms. The van der Waals surface area contributed by atoms with Gasteiger partial charge in [-0.1, -0.05) is 0 Å². The number of ether oxygens (including phenoxy) is 2. The molecular weight excluding hydrogens is 446 g/mol. The van der Waals surface area contributed by atoms with E-state index in [0.29, 0.717) is 69.2 Å². The normalized spacial score (nSPS) is 20.8. The Hall–Kier alpha value is -1.54. The molecule has 1 aromatic heterocycles. The van der Waals surface area contributed by atoms with Gasteiger partial charge >= 0.3 is 0 Å². The number of piperidine rings is 2. The molecular formula is C18H31N5O6S2. The van der Waals surface area contributed by atoms with Crippen LogP contribution in [0.3, 0.4) is 0 Å². The molecule has 2 fully saturated rings. The Balaban J connectivity index is 1.57. The number of sulfonamides is 1. The fourth-order valence-corrected chi connectivity index (χ4v) is 5.67. The van der Waals surface area contributed by atoms with Gasteiger partial charge in [0, 0.05) is 40.3 Å². The van der Waals surface area contributed by atoms with Crippen molar-refractivity contribution >= 4 is 20.2 Å². The van der Waals surface area contributed by atoms with Crippen molar-refractivity contribution in [3.63, 3.8) is 0 Å². The van der Waals surface area contributed by atoms with Crippen LogP contribution in [0.15, 0.2) is 6.33 Å². The van der Waals surface area contributed by atoms with Crippen LogP contribution in [0.25, 0.3) is 0 Å². The zero-order chi connectivity index (χ0) is 22.8. The lowest BCUT2D eigenvalue weighted by Crippen LogP contribution is -2.46. The Morgan fingerprint density at radius 3 is 1.68 bits per heavy atom. The van der Waals surface area contributed by atoms with Crippen molar-refractivity contribution in [3.05, 3.63) is 11.9 Å². The van der Waals surface area contributed by atoms with Gasteiger partial charge in [0.2, 0.25) is 21.8 Å². The second kappa shape index (κ2) is 9.53. The monoisotopic (exact) mass is 477 g/mol. The molecule has 3 rings (SSSR count). The molecule has 31 heavy (non-hydrogen) atoms. The third kappa shape index (κ3) is 5.83. The molecule has 13 heteroatoms. The average Bonchev–Trinajstić information content (AvgIpc) is 2.71. The van der Waals surface area contributed by atoms with Gasteiger partial charge in [-0.15, -0.1) is 0 Å². The van der Waals surface area contributed by atoms with E-state index in [2.05, 4.69) is 9.97 Å². The van der Waals surface area contributed by atoms with Crippen molar-refractivity contribution in [2.45, 2.75) is 44.8 Å². The van der Waals surface area contributed by atoms with Crippen molar-refractivity contribution in [1.29, 1.82) is 0 Å². The summed E-state index contributed by atoms with van der Waals surface area (Å²) in [5.41, 5.74) is 0.677. The predicted molar refractivity (Wildman–Crippen MR) is 115 cm³/mol. The SMILES string of the molecule is Cc1c(OC2CCN(S(C)(=O)=O)CC2)ncnc1OC1CCN(S(=O)(=O)N(C)C)CC1. The van der Waals surface area contributed by atoms with Gasteiger partial charge in [0.15, 0.2) is 0 Å². The maximum atomic E-state index is 12.3. The molecule has 2 aliphatic rings. The molecule has 0 unspecified atom stereocenters. The Morgan fingerprint density at radius 2 is 1.29 bits per heavy atom. The van der Waals surface area contributed by atoms with E-state index in [1.54, 1.807) is 0 Å². The van der Waals surface area contributed by atoms with Gasteiger partial charge in [-0.25, -0.2) is 22.7 Å². The summed E-state index contributed by atoms with van der Waals surface area (Å²) in [5, 5.41) is 0. The van der Waals surface area contributed by atoms with Crippen LogP contribution < -0.4 is 9.47 Å². The predicted octanol–water partition coefficient (Wildman–Crippen LogP) is 0.237. The van der Waals surface area contributed by atoms with Crippen molar-refractivity contribution in [2.75, 3.05) is 46.5 Å². The van der Waals surface area contributed by atoms with E-state index < -0.39 is 20.2 Å². The first-order valence-electron chi connectivity index (χ1n) is 10.3. The molecule has 1 aromatic rings. The highest BCUT2D eigenvalue weighted by Crippen LogP contribution is 2.28. The van der Waals surface area contributed by atoms with E-state index in [1.807, 2.05) is 6.92 Å². The lowest BCUT2D eigenvalue weighted by Gasteiger charge is -2.33. The summed E-state index contributed by atoms with van der Waals surface area (Å²) in [4.78, 5) is 8.44. The van der Waals surface area contributed by atoms with E-state index in [1.165, 1.54) is 39.6 Å². The topological polar surface area (TPSA) is 122 Å². The molecule has 0 atom stereocenters. The smallest absolute Gasteiger partial charge is 0.281 e. The number of rotatable bonds is 7. The Labute approximate surface area is 184 Å². The highest BCUT2D eigenvalue weighted by molar-refractivity contribution is 7.88. The number of aromatic nitrogens is 2. The van der Waals surface area contributed by atoms with Crippen LogP contribution in [0.4, 0.5) is 0 Å². The van der Waals surface area contributed by atoms with Crippen molar-refractivity contribution in [2.24, 2.45) is 0 Å². The van der Waals surface area contributed by atoms with E-state index in [0.717, 1.165) is 0 Å². The van der Waals surface area contributed by atoms with Crippen molar-refractivity contribution in [3.8, 4) is 11.8 Å². The largest absolute Gasteiger partial charge is 0.474 e. The third-order valence-corrected chi connectivity index (χ3v) is 8.85. The standard InChI is InChI=1S/C18H31N5O6S2/c1-14-17(28-15-5-9-22(10-6-15)30(4,24)25)19-13-20-18(14)29-16-7-11-23(12-8-16)31(26,27)21(2)3/h13,15-16H,5-12H2,1-4H3. The maximum absolute atomic E-state index is 12.3. The minimum atomic E-state index is -3.42. The quantitative estimate of drug-likeness (QED) is 0.547. The van der Waals surface area contributed by atoms with Crippen molar-refractivity contribution in [1.82, 2.24) is 22.9 Å². The van der Waals surface area contributed by atoms with Gasteiger partial charge < -0.3 is 9.47 Å². The maximum Gasteiger partial charge on any atom is 0.281 e. The number of nitrogens with zero attached hydrogens (tertiary/aromatic N) is 5. The summed E-state index contributed by atoms with van der Waals surface area (Å²) >= 11 is 0. The first-order valence-corrected chi connectivity index (χ1v) is 13.5. The van der Waals surface area contributed by atoms with Crippen molar-refractivity contribution < 1.29 is 26.3 Å². The summed E-state index contributed by atoms with van der Waals surface area (Å²) < 4.78 is 64.0. The fourth-order valence-electron chi connectivity index (χ4n) is 3.67. The molecule has 11 nitrogen and oxygen atoms in total. The van der Waals surface area contributed by atoms with Crippen LogP contribution in [0.5, 0.6) is 11.8 Å². The Kier molecular flexibility index (Phi) is 7.41. The van der Waals surface area contributed by atoms with Gasteiger partial charge in [0.1, 0.15) is 18.5 Å². The summed E-state index contributed by atoms with van der Waals surface area (Å²) in [6.45, 7) is 3.44. The lowest BCUT2D eigenvalue weighted by molar-refractivity contribution is 0.118. The first-order chi connectivity index (χ1) is 14.5. The molecule has 0 amide bonds. The van der Waals surface area contributed by atoms with Crippen LogP contribution in [0.1, 0.15) is 31.2 Å². The van der Waals surface area contributed by atoms with Crippen LogP contribution in [0.2, 0.25) is 0 Å². The number of hydrogen-bond donors (Lipinski definition) is 0. The zero-order valence-corrected chi connectivity index (χ0v) is 20.0. The zero-order valence-electron chi connectivity index (χ0n) is 18.4. The van der Waals surface area contributed by atoms with Gasteiger partial charge in [0.25, 0.3) is 10.2 Å². The fraction of sp³-hybridized carbons (Fsp3) is 0.778. The summed E-state index contributed by atoms with van der Waals surface area (Å²) in [7, 11) is -3.55. The van der Waals surface area contributed by atoms with Gasteiger partial charge in [-0.05, 0) is 32.6 Å². The molecule has 3 heterocycles. The minimum absolute atomic E-state index is 0.126. The Morgan fingerprint density at radius 1 is 0.871 bits per heavy atom. The molecule has 0 aromatic carbocycles. The van der Waals surface area contributed by atoms with E-state index in [-0.39, 0.29) is 12.2 Å². The molecule has 0 aliphatic carbocycles. The third-order valence-electron chi connectivity index (χ3n) is 5.61. The first kappa shape index (κ1) is 24.1. The minimum Gasteiger partial charge on any atom is -0.474 e. The second-order valence-electron chi connectivity index (χ2n) is 8.09. The molecule has 2 aliphatic heterocycles. The van der Waals surface area contributed by atoms with Gasteiger partial charge in [-0.3, -0.25) is 0 Å². The number of hydrogen-bond acceptors (Lipinski definition) is 8. The molecule has 0 saturated carbocycles. The van der Waals surface area contributed by atoms with E-state index >= 15 is 0 Å². The van der Waals surface area contributed by atoms with E-state index in [9.17, 15) is 16.8 Å². The molecule has 0 radical (unpaired) electrons. The van der Waals surface area contributed by atoms with Crippen LogP contribution in [-0.2, 0) is 20.2 Å². The average molecular weight is 478 g/mol. The highest BCUT2D eigenvalue weighted by atomic mass is 32.2. The highest BCUT2D eigenvalue weighted by Gasteiger charge is 2.31.